The molecule has 5 aliphatic rings. The third kappa shape index (κ3) is 8.92. The number of carbonyl (C=O) groups is 2. The molecule has 19 heteroatoms. The fraction of sp³-hybridized carbons (Fsp3) is 0.935. The molecule has 12 N–H and O–H groups in total. The van der Waals surface area contributed by atoms with Crippen LogP contribution < -0.4 is 0 Å². The van der Waals surface area contributed by atoms with Crippen molar-refractivity contribution >= 4 is 11.9 Å². The molecule has 50 heavy (non-hydrogen) atoms. The predicted molar refractivity (Wildman–Crippen MR) is 161 cm³/mol. The monoisotopic (exact) mass is 727 g/mol. The van der Waals surface area contributed by atoms with Crippen LogP contribution in [0.3, 0.4) is 0 Å². The topological polar surface area (TPSA) is 316 Å². The van der Waals surface area contributed by atoms with Crippen LogP contribution in [0.2, 0.25) is 0 Å². The van der Waals surface area contributed by atoms with E-state index in [0.717, 1.165) is 0 Å². The molecule has 5 fully saturated rings. The number of hydrogen-bond donors (Lipinski definition) is 11. The smallest absolute Gasteiger partial charge is 0.306 e. The van der Waals surface area contributed by atoms with Crippen molar-refractivity contribution in [2.45, 2.75) is 156 Å². The predicted octanol–water partition coefficient (Wildman–Crippen LogP) is -5.27. The highest BCUT2D eigenvalue weighted by molar-refractivity contribution is 5.76. The molecule has 0 bridgehead atoms. The lowest BCUT2D eigenvalue weighted by Gasteiger charge is -2.50. The maximum atomic E-state index is 12.0. The van der Waals surface area contributed by atoms with Gasteiger partial charge in [-0.15, -0.1) is 0 Å². The molecule has 288 valence electrons. The Hall–Kier alpha value is -1.66. The largest absolute Gasteiger partial charge is 0.481 e. The Bertz CT molecular complexity index is 1130. The Labute approximate surface area is 286 Å². The first kappa shape index (κ1) is 39.5. The number of aliphatic hydroxyl groups excluding tert-OH is 10. The summed E-state index contributed by atoms with van der Waals surface area (Å²) in [5.74, 6) is -2.95. The van der Waals surface area contributed by atoms with Gasteiger partial charge in [-0.3, -0.25) is 9.59 Å². The molecule has 2 aliphatic carbocycles. The van der Waals surface area contributed by atoms with E-state index in [9.17, 15) is 60.7 Å². The third-order valence-electron chi connectivity index (χ3n) is 10.6. The number of aliphatic hydroxyl groups is 12. The summed E-state index contributed by atoms with van der Waals surface area (Å²) in [6.07, 6.45) is -21.5. The van der Waals surface area contributed by atoms with Crippen LogP contribution in [0.5, 0.6) is 0 Å². The summed E-state index contributed by atoms with van der Waals surface area (Å²) >= 11 is 0. The van der Waals surface area contributed by atoms with Crippen molar-refractivity contribution in [3.63, 3.8) is 0 Å². The maximum Gasteiger partial charge on any atom is 0.306 e. The summed E-state index contributed by atoms with van der Waals surface area (Å²) in [5, 5.41) is 113. The Balaban J connectivity index is 1.35. The van der Waals surface area contributed by atoms with Crippen LogP contribution in [0, 0.1) is 11.8 Å². The zero-order valence-electron chi connectivity index (χ0n) is 27.3. The van der Waals surface area contributed by atoms with Crippen molar-refractivity contribution in [2.24, 2.45) is 11.8 Å². The van der Waals surface area contributed by atoms with Gasteiger partial charge in [0.15, 0.2) is 24.8 Å². The van der Waals surface area contributed by atoms with Crippen molar-refractivity contribution in [2.75, 3.05) is 13.2 Å². The van der Waals surface area contributed by atoms with Crippen LogP contribution in [0.4, 0.5) is 0 Å². The average Bonchev–Trinajstić information content (AvgIpc) is 3.08. The van der Waals surface area contributed by atoms with Gasteiger partial charge in [0, 0.05) is 18.8 Å². The molecule has 2 saturated carbocycles. The van der Waals surface area contributed by atoms with Crippen molar-refractivity contribution in [1.29, 1.82) is 0 Å². The van der Waals surface area contributed by atoms with Crippen LogP contribution >= 0.6 is 0 Å². The molecule has 3 aliphatic heterocycles. The van der Waals surface area contributed by atoms with E-state index in [1.54, 1.807) is 0 Å². The van der Waals surface area contributed by atoms with Gasteiger partial charge >= 0.3 is 11.9 Å². The van der Waals surface area contributed by atoms with E-state index in [1.165, 1.54) is 0 Å². The minimum absolute atomic E-state index is 0.0558. The normalized spacial score (nSPS) is 48.4. The highest BCUT2D eigenvalue weighted by Crippen LogP contribution is 2.43. The number of carbonyl (C=O) groups excluding carboxylic acids is 1. The molecule has 19 atom stereocenters. The van der Waals surface area contributed by atoms with Crippen LogP contribution in [0.25, 0.3) is 0 Å². The molecule has 3 heterocycles. The standard InChI is InChI=1S/C31H50O19/c32-9-19-23(39)25(41)27(43)30(49-19)47-17-7-12(33)6-16-13(17)8-18(29(46-16)11-1-2-14(34)15(35)5-11)48-31-28(44)26(42)24(40)20(50-31)10-45-22(38)4-3-21(36)37/h11-20,23-35,39-44H,1-10H2,(H,36,37)/p+1. The van der Waals surface area contributed by atoms with Crippen LogP contribution in [0.15, 0.2) is 0 Å². The van der Waals surface area contributed by atoms with Gasteiger partial charge in [0.1, 0.15) is 61.5 Å². The molecule has 0 radical (unpaired) electrons. The SMILES string of the molecule is O=C(O)CCC(=O)OCC1OC(OC2CC3C(OC4OC(CO)C(O)C(O)C4O)CC(O)CC3[OH+]C2C2CCC(O)C(O)C2)C(O)C(O)C1O. The average molecular weight is 728 g/mol. The highest BCUT2D eigenvalue weighted by Gasteiger charge is 2.56. The Morgan fingerprint density at radius 3 is 1.92 bits per heavy atom. The van der Waals surface area contributed by atoms with Gasteiger partial charge in [-0.25, -0.2) is 0 Å². The molecule has 0 aromatic rings. The number of fused-ring (bicyclic) bond motifs is 1. The van der Waals surface area contributed by atoms with E-state index in [0.29, 0.717) is 6.42 Å². The zero-order valence-corrected chi connectivity index (χ0v) is 27.3. The fourth-order valence-corrected chi connectivity index (χ4v) is 7.78. The van der Waals surface area contributed by atoms with Gasteiger partial charge in [0.05, 0.1) is 49.8 Å². The Kier molecular flexibility index (Phi) is 13.4. The lowest BCUT2D eigenvalue weighted by atomic mass is 9.72. The highest BCUT2D eigenvalue weighted by atomic mass is 16.7. The molecule has 19 nitrogen and oxygen atoms in total. The molecule has 0 aromatic carbocycles. The number of carboxylic acids is 1. The molecular weight excluding hydrogens is 676 g/mol. The van der Waals surface area contributed by atoms with Gasteiger partial charge in [-0.1, -0.05) is 0 Å². The minimum Gasteiger partial charge on any atom is -0.481 e. The molecule has 0 amide bonds. The second kappa shape index (κ2) is 17.0. The molecule has 0 aromatic heterocycles. The van der Waals surface area contributed by atoms with Crippen molar-refractivity contribution in [1.82, 2.24) is 0 Å². The molecule has 0 spiro atoms. The molecule has 19 unspecified atom stereocenters. The Morgan fingerprint density at radius 2 is 1.30 bits per heavy atom. The van der Waals surface area contributed by atoms with Gasteiger partial charge in [0.25, 0.3) is 0 Å². The first-order valence-corrected chi connectivity index (χ1v) is 17.1. The number of aliphatic carboxylic acids is 1. The van der Waals surface area contributed by atoms with E-state index < -0.39 is 148 Å². The van der Waals surface area contributed by atoms with Crippen molar-refractivity contribution in [3.8, 4) is 0 Å². The van der Waals surface area contributed by atoms with E-state index in [1.807, 2.05) is 0 Å². The van der Waals surface area contributed by atoms with E-state index >= 15 is 0 Å². The Morgan fingerprint density at radius 1 is 0.680 bits per heavy atom. The van der Waals surface area contributed by atoms with Crippen LogP contribution in [0.1, 0.15) is 51.4 Å². The summed E-state index contributed by atoms with van der Waals surface area (Å²) in [6.45, 7) is -1.27. The summed E-state index contributed by atoms with van der Waals surface area (Å²) in [5.41, 5.74) is 0. The van der Waals surface area contributed by atoms with Gasteiger partial charge in [-0.2, -0.15) is 0 Å². The number of hydrogen-bond acceptors (Lipinski definition) is 17. The quantitative estimate of drug-likeness (QED) is 0.0699. The van der Waals surface area contributed by atoms with Gasteiger partial charge in [0.2, 0.25) is 0 Å². The summed E-state index contributed by atoms with van der Waals surface area (Å²) in [4.78, 5) is 22.8. The van der Waals surface area contributed by atoms with Crippen molar-refractivity contribution in [3.05, 3.63) is 0 Å². The van der Waals surface area contributed by atoms with E-state index in [-0.39, 0.29) is 38.0 Å². The third-order valence-corrected chi connectivity index (χ3v) is 10.6. The van der Waals surface area contributed by atoms with E-state index in [4.69, 9.17) is 33.5 Å². The fourth-order valence-electron chi connectivity index (χ4n) is 7.78. The number of rotatable bonds is 11. The second-order valence-corrected chi connectivity index (χ2v) is 14.1. The first-order valence-electron chi connectivity index (χ1n) is 17.1. The van der Waals surface area contributed by atoms with Gasteiger partial charge in [-0.05, 0) is 25.7 Å². The first-order chi connectivity index (χ1) is 23.7. The number of carboxylic acid groups (broad SMARTS) is 1. The summed E-state index contributed by atoms with van der Waals surface area (Å²) in [6, 6.07) is 0. The minimum atomic E-state index is -1.80. The molecule has 3 saturated heterocycles. The molecular formula is C31H51O19+. The van der Waals surface area contributed by atoms with Gasteiger partial charge < -0.3 is 84.6 Å². The zero-order chi connectivity index (χ0) is 36.4. The lowest BCUT2D eigenvalue weighted by Crippen LogP contribution is -2.64. The van der Waals surface area contributed by atoms with E-state index in [2.05, 4.69) is 0 Å². The maximum absolute atomic E-state index is 12.0. The second-order valence-electron chi connectivity index (χ2n) is 14.1. The summed E-state index contributed by atoms with van der Waals surface area (Å²) in [7, 11) is 0. The number of esters is 1. The summed E-state index contributed by atoms with van der Waals surface area (Å²) < 4.78 is 33.8. The number of ether oxygens (including phenoxy) is 6. The lowest BCUT2D eigenvalue weighted by molar-refractivity contribution is -0.367. The molecule has 5 rings (SSSR count). The van der Waals surface area contributed by atoms with Crippen LogP contribution in [-0.2, 0) is 33.3 Å². The van der Waals surface area contributed by atoms with Crippen LogP contribution in [-0.4, -0.2) is 190 Å². The van der Waals surface area contributed by atoms with Crippen molar-refractivity contribution < 1.29 is 94.2 Å².